The largest absolute Gasteiger partial charge is 0.463 e. The normalized spacial score (nSPS) is 12.7. The van der Waals surface area contributed by atoms with Crippen LogP contribution in [0.25, 0.3) is 0 Å². The van der Waals surface area contributed by atoms with Crippen LogP contribution in [-0.2, 0) is 14.3 Å². The summed E-state index contributed by atoms with van der Waals surface area (Å²) in [7, 11) is -1.87. The number of nitrogens with one attached hydrogen (secondary N) is 1. The van der Waals surface area contributed by atoms with Gasteiger partial charge in [-0.05, 0) is 73.4 Å². The van der Waals surface area contributed by atoms with Crippen molar-refractivity contribution in [2.45, 2.75) is 55.5 Å². The number of hydrogen-bond acceptors (Lipinski definition) is 6. The number of hydrogen-bond donors (Lipinski definition) is 2. The molecule has 2 atom stereocenters. The van der Waals surface area contributed by atoms with Crippen LogP contribution >= 0.6 is 30.5 Å². The molecule has 0 spiro atoms. The van der Waals surface area contributed by atoms with Gasteiger partial charge in [0.1, 0.15) is 35.9 Å². The lowest BCUT2D eigenvalue weighted by molar-refractivity contribution is -0.384. The van der Waals surface area contributed by atoms with Crippen LogP contribution in [0.4, 0.5) is 5.69 Å². The number of nitro benzene ring substituents is 1. The molecule has 0 aliphatic rings. The Bertz CT molecular complexity index is 1500. The first-order valence-electron chi connectivity index (χ1n) is 15.9. The number of amides is 1. The molecule has 0 radical (unpaired) electrons. The summed E-state index contributed by atoms with van der Waals surface area (Å²) in [5, 5.41) is 28.4. The number of benzene rings is 4. The number of ether oxygens (including phenoxy) is 1. The van der Waals surface area contributed by atoms with Crippen LogP contribution in [-0.4, -0.2) is 45.6 Å². The Morgan fingerprint density at radius 1 is 0.750 bits per heavy atom. The zero-order chi connectivity index (χ0) is 34.4. The lowest BCUT2D eigenvalue weighted by Gasteiger charge is -2.27. The van der Waals surface area contributed by atoms with Crippen LogP contribution in [0.3, 0.4) is 0 Å². The van der Waals surface area contributed by atoms with E-state index in [-0.39, 0.29) is 18.7 Å². The van der Waals surface area contributed by atoms with Gasteiger partial charge in [-0.15, -0.1) is 0 Å². The average Bonchev–Trinajstić information content (AvgIpc) is 3.12. The third-order valence-electron chi connectivity index (χ3n) is 8.24. The van der Waals surface area contributed by atoms with Gasteiger partial charge in [-0.2, -0.15) is 0 Å². The third kappa shape index (κ3) is 10.1. The van der Waals surface area contributed by atoms with E-state index in [9.17, 15) is 24.8 Å². The van der Waals surface area contributed by atoms with Crippen molar-refractivity contribution in [1.29, 1.82) is 0 Å². The number of carbonyl (C=O) groups excluding carboxylic acids is 2. The average molecular weight is 711 g/mol. The Balaban J connectivity index is 1.29. The minimum absolute atomic E-state index is 0.149. The van der Waals surface area contributed by atoms with E-state index in [1.54, 1.807) is 0 Å². The maximum atomic E-state index is 12.6. The summed E-state index contributed by atoms with van der Waals surface area (Å²) in [5.41, 5.74) is 0.144. The number of alkyl halides is 2. The first-order chi connectivity index (χ1) is 23.2. The van der Waals surface area contributed by atoms with Crippen molar-refractivity contribution in [3.8, 4) is 0 Å². The molecule has 2 N–H and O–H groups in total. The molecule has 4 aromatic carbocycles. The van der Waals surface area contributed by atoms with Gasteiger partial charge in [0.25, 0.3) is 11.6 Å². The van der Waals surface area contributed by atoms with Crippen molar-refractivity contribution in [3.63, 3.8) is 0 Å². The fourth-order valence-corrected chi connectivity index (χ4v) is 10.3. The summed E-state index contributed by atoms with van der Waals surface area (Å²) in [5.74, 6) is -1.22. The van der Waals surface area contributed by atoms with E-state index in [2.05, 4.69) is 96.3 Å². The fourth-order valence-electron chi connectivity index (χ4n) is 5.77. The molecule has 0 bridgehead atoms. The van der Waals surface area contributed by atoms with Crippen molar-refractivity contribution >= 4 is 63.9 Å². The van der Waals surface area contributed by atoms with Gasteiger partial charge in [-0.25, -0.2) is 0 Å². The Hall–Kier alpha value is -3.81. The van der Waals surface area contributed by atoms with Gasteiger partial charge in [-0.1, -0.05) is 90.6 Å². The van der Waals surface area contributed by atoms with Crippen molar-refractivity contribution in [2.24, 2.45) is 0 Å². The topological polar surface area (TPSA) is 119 Å². The summed E-state index contributed by atoms with van der Waals surface area (Å²) < 4.78 is 5.41. The highest BCUT2D eigenvalue weighted by Gasteiger charge is 2.44. The number of aliphatic hydroxyl groups is 1. The number of nitro groups is 1. The number of aliphatic hydroxyl groups excluding tert-OH is 1. The Morgan fingerprint density at radius 3 is 1.71 bits per heavy atom. The van der Waals surface area contributed by atoms with Gasteiger partial charge in [0.2, 0.25) is 0 Å². The fraction of sp³-hybridized carbons (Fsp3) is 0.297. The number of esters is 1. The molecule has 48 heavy (non-hydrogen) atoms. The molecule has 0 unspecified atom stereocenters. The van der Waals surface area contributed by atoms with Crippen LogP contribution in [0.1, 0.15) is 50.2 Å². The Labute approximate surface area is 291 Å². The van der Waals surface area contributed by atoms with Gasteiger partial charge < -0.3 is 15.2 Å². The Kier molecular flexibility index (Phi) is 14.4. The molecule has 0 saturated heterocycles. The molecule has 11 heteroatoms. The summed E-state index contributed by atoms with van der Waals surface area (Å²) in [6, 6.07) is 36.6. The molecule has 8 nitrogen and oxygen atoms in total. The Morgan fingerprint density at radius 2 is 1.23 bits per heavy atom. The van der Waals surface area contributed by atoms with Gasteiger partial charge in [0.05, 0.1) is 17.1 Å². The summed E-state index contributed by atoms with van der Waals surface area (Å²) in [4.78, 5) is 33.8. The second-order valence-corrected chi connectivity index (χ2v) is 16.2. The maximum absolute atomic E-state index is 12.6. The van der Waals surface area contributed by atoms with E-state index >= 15 is 0 Å². The molecular weight excluding hydrogens is 670 g/mol. The highest BCUT2D eigenvalue weighted by atomic mass is 35.5. The molecule has 0 aromatic heterocycles. The molecular formula is C37H40Cl2N2O6P+. The van der Waals surface area contributed by atoms with Gasteiger partial charge in [-0.3, -0.25) is 19.7 Å². The molecule has 4 aromatic rings. The number of rotatable bonds is 18. The number of unbranched alkanes of at least 4 members (excludes halogenated alkanes) is 4. The van der Waals surface area contributed by atoms with Crippen LogP contribution in [0.15, 0.2) is 115 Å². The minimum atomic E-state index is -1.87. The van der Waals surface area contributed by atoms with Crippen LogP contribution in [0, 0.1) is 10.1 Å². The predicted molar refractivity (Wildman–Crippen MR) is 194 cm³/mol. The van der Waals surface area contributed by atoms with E-state index in [4.69, 9.17) is 27.9 Å². The summed E-state index contributed by atoms with van der Waals surface area (Å²) in [6.45, 7) is -0.326. The molecule has 1 amide bonds. The van der Waals surface area contributed by atoms with E-state index in [0.29, 0.717) is 12.0 Å². The van der Waals surface area contributed by atoms with Crippen molar-refractivity contribution in [2.75, 3.05) is 12.8 Å². The zero-order valence-corrected chi connectivity index (χ0v) is 28.9. The summed E-state index contributed by atoms with van der Waals surface area (Å²) >= 11 is 11.3. The second-order valence-electron chi connectivity index (χ2n) is 11.5. The second kappa shape index (κ2) is 18.7. The van der Waals surface area contributed by atoms with Crippen LogP contribution in [0.2, 0.25) is 0 Å². The third-order valence-corrected chi connectivity index (χ3v) is 13.2. The predicted octanol–water partition coefficient (Wildman–Crippen LogP) is 6.79. The minimum Gasteiger partial charge on any atom is -0.463 e. The highest BCUT2D eigenvalue weighted by Crippen LogP contribution is 2.56. The molecule has 0 saturated carbocycles. The summed E-state index contributed by atoms with van der Waals surface area (Å²) in [6.07, 6.45) is 4.44. The first kappa shape index (κ1) is 37.0. The quantitative estimate of drug-likeness (QED) is 0.0293. The van der Waals surface area contributed by atoms with E-state index < -0.39 is 41.0 Å². The van der Waals surface area contributed by atoms with Gasteiger partial charge in [0.15, 0.2) is 4.84 Å². The van der Waals surface area contributed by atoms with Crippen molar-refractivity contribution in [1.82, 2.24) is 5.32 Å². The molecule has 0 heterocycles. The first-order valence-corrected chi connectivity index (χ1v) is 18.8. The van der Waals surface area contributed by atoms with E-state index in [1.165, 1.54) is 40.2 Å². The molecule has 252 valence electrons. The van der Waals surface area contributed by atoms with Crippen LogP contribution < -0.4 is 21.2 Å². The lowest BCUT2D eigenvalue weighted by atomic mass is 10.0. The lowest BCUT2D eigenvalue weighted by Crippen LogP contribution is -2.45. The SMILES string of the molecule is O=C(CCCCCCC[P+](c1ccccc1)(c1ccccc1)c1ccccc1)OC[C@H](NC(=O)C(Cl)Cl)[C@H](O)c1ccc([N+](=O)[O-])cc1. The van der Waals surface area contributed by atoms with Gasteiger partial charge >= 0.3 is 5.97 Å². The molecule has 0 aliphatic heterocycles. The molecule has 0 aliphatic carbocycles. The van der Waals surface area contributed by atoms with Crippen molar-refractivity contribution in [3.05, 3.63) is 131 Å². The number of non-ortho nitro benzene ring substituents is 1. The molecule has 0 fully saturated rings. The monoisotopic (exact) mass is 709 g/mol. The smallest absolute Gasteiger partial charge is 0.305 e. The highest BCUT2D eigenvalue weighted by molar-refractivity contribution is 7.95. The van der Waals surface area contributed by atoms with E-state index in [0.717, 1.165) is 31.8 Å². The standard InChI is InChI=1S/C37H39Cl2N2O6P/c38-36(39)37(44)40-33(35(43)28-22-24-29(25-23-28)41(45)46)27-47-34(42)21-13-2-1-3-14-26-48(30-15-7-4-8-16-30,31-17-9-5-10-18-31)32-19-11-6-12-20-32/h4-12,15-20,22-25,33,35-36,43H,1-3,13-14,21,26-27H2/p+1/t33-,35+/m0/s1. The number of halogens is 2. The maximum Gasteiger partial charge on any atom is 0.305 e. The zero-order valence-electron chi connectivity index (χ0n) is 26.5. The van der Waals surface area contributed by atoms with E-state index in [1.807, 2.05) is 0 Å². The van der Waals surface area contributed by atoms with Gasteiger partial charge in [0, 0.05) is 18.6 Å². The van der Waals surface area contributed by atoms with Crippen LogP contribution in [0.5, 0.6) is 0 Å². The number of carbonyl (C=O) groups is 2. The van der Waals surface area contributed by atoms with Crippen molar-refractivity contribution < 1.29 is 24.4 Å². The molecule has 4 rings (SSSR count). The number of nitrogens with zero attached hydrogens (tertiary/aromatic N) is 1.